The van der Waals surface area contributed by atoms with Crippen LogP contribution in [0.5, 0.6) is 0 Å². The van der Waals surface area contributed by atoms with Crippen LogP contribution in [0.4, 0.5) is 0 Å². The van der Waals surface area contributed by atoms with Crippen molar-refractivity contribution >= 4 is 11.9 Å². The SMILES string of the molecule is CCCCCCCC/C=C\CCCCCCCCNC(=O)CCC(C)(C)C(=O)O. The highest BCUT2D eigenvalue weighted by Gasteiger charge is 2.27. The van der Waals surface area contributed by atoms with Crippen molar-refractivity contribution in [2.45, 2.75) is 124 Å². The molecule has 0 aromatic rings. The molecule has 0 aromatic carbocycles. The molecule has 0 radical (unpaired) electrons. The molecule has 0 fully saturated rings. The van der Waals surface area contributed by atoms with Crippen molar-refractivity contribution < 1.29 is 14.7 Å². The quantitative estimate of drug-likeness (QED) is 0.167. The fraction of sp³-hybridized carbons (Fsp3) is 0.840. The summed E-state index contributed by atoms with van der Waals surface area (Å²) in [7, 11) is 0. The van der Waals surface area contributed by atoms with Gasteiger partial charge in [0.2, 0.25) is 5.91 Å². The molecule has 0 saturated heterocycles. The molecule has 170 valence electrons. The van der Waals surface area contributed by atoms with Crippen LogP contribution in [-0.4, -0.2) is 23.5 Å². The molecule has 4 heteroatoms. The smallest absolute Gasteiger partial charge is 0.309 e. The largest absolute Gasteiger partial charge is 0.481 e. The third-order valence-corrected chi connectivity index (χ3v) is 5.57. The van der Waals surface area contributed by atoms with Gasteiger partial charge in [-0.1, -0.05) is 76.9 Å². The van der Waals surface area contributed by atoms with Gasteiger partial charge in [0.25, 0.3) is 0 Å². The summed E-state index contributed by atoms with van der Waals surface area (Å²) in [6.07, 6.45) is 23.3. The number of allylic oxidation sites excluding steroid dienone is 2. The number of hydrogen-bond donors (Lipinski definition) is 2. The van der Waals surface area contributed by atoms with Gasteiger partial charge in [0, 0.05) is 13.0 Å². The molecule has 0 aliphatic carbocycles. The normalized spacial score (nSPS) is 11.8. The van der Waals surface area contributed by atoms with Crippen LogP contribution in [0.15, 0.2) is 12.2 Å². The van der Waals surface area contributed by atoms with Gasteiger partial charge in [0.1, 0.15) is 0 Å². The number of unbranched alkanes of at least 4 members (excludes halogenated alkanes) is 12. The Balaban J connectivity index is 3.34. The van der Waals surface area contributed by atoms with E-state index in [1.54, 1.807) is 13.8 Å². The first-order valence-corrected chi connectivity index (χ1v) is 12.0. The van der Waals surface area contributed by atoms with E-state index in [0.717, 1.165) is 12.8 Å². The van der Waals surface area contributed by atoms with E-state index in [1.165, 1.54) is 77.0 Å². The van der Waals surface area contributed by atoms with Crippen molar-refractivity contribution in [2.24, 2.45) is 5.41 Å². The number of nitrogens with one attached hydrogen (secondary N) is 1. The number of carboxylic acids is 1. The topological polar surface area (TPSA) is 66.4 Å². The maximum atomic E-state index is 11.8. The van der Waals surface area contributed by atoms with Crippen molar-refractivity contribution in [2.75, 3.05) is 6.54 Å². The van der Waals surface area contributed by atoms with E-state index in [0.29, 0.717) is 13.0 Å². The van der Waals surface area contributed by atoms with Crippen LogP contribution < -0.4 is 5.32 Å². The first-order valence-electron chi connectivity index (χ1n) is 12.0. The molecule has 0 atom stereocenters. The third kappa shape index (κ3) is 18.4. The molecule has 0 saturated carbocycles. The summed E-state index contributed by atoms with van der Waals surface area (Å²) in [4.78, 5) is 22.8. The van der Waals surface area contributed by atoms with Crippen LogP contribution in [-0.2, 0) is 9.59 Å². The Kier molecular flexibility index (Phi) is 17.8. The first-order chi connectivity index (χ1) is 13.9. The van der Waals surface area contributed by atoms with Crippen LogP contribution in [0.1, 0.15) is 124 Å². The molecule has 4 nitrogen and oxygen atoms in total. The molecular weight excluding hydrogens is 362 g/mol. The molecule has 0 aliphatic heterocycles. The lowest BCUT2D eigenvalue weighted by atomic mass is 9.88. The monoisotopic (exact) mass is 409 g/mol. The predicted octanol–water partition coefficient (Wildman–Crippen LogP) is 7.03. The van der Waals surface area contributed by atoms with Gasteiger partial charge in [-0.15, -0.1) is 0 Å². The van der Waals surface area contributed by atoms with Gasteiger partial charge in [0.15, 0.2) is 0 Å². The zero-order valence-electron chi connectivity index (χ0n) is 19.4. The van der Waals surface area contributed by atoms with E-state index in [2.05, 4.69) is 24.4 Å². The highest BCUT2D eigenvalue weighted by Crippen LogP contribution is 2.22. The summed E-state index contributed by atoms with van der Waals surface area (Å²) < 4.78 is 0. The number of carbonyl (C=O) groups excluding carboxylic acids is 1. The second-order valence-electron chi connectivity index (χ2n) is 8.98. The number of carbonyl (C=O) groups is 2. The molecule has 0 aliphatic rings. The zero-order chi connectivity index (χ0) is 21.8. The van der Waals surface area contributed by atoms with Crippen LogP contribution in [0.2, 0.25) is 0 Å². The van der Waals surface area contributed by atoms with E-state index in [9.17, 15) is 9.59 Å². The molecule has 0 unspecified atom stereocenters. The standard InChI is InChI=1S/C25H47NO3/c1-4-5-6-7-8-9-10-11-12-13-14-15-16-17-18-19-22-26-23(27)20-21-25(2,3)24(28)29/h11-12H,4-10,13-22H2,1-3H3,(H,26,27)(H,28,29)/b12-11-. The fourth-order valence-electron chi connectivity index (χ4n) is 3.22. The second-order valence-corrected chi connectivity index (χ2v) is 8.98. The minimum absolute atomic E-state index is 0.0351. The lowest BCUT2D eigenvalue weighted by Crippen LogP contribution is -2.29. The van der Waals surface area contributed by atoms with Gasteiger partial charge >= 0.3 is 5.97 Å². The molecule has 1 amide bonds. The third-order valence-electron chi connectivity index (χ3n) is 5.57. The lowest BCUT2D eigenvalue weighted by Gasteiger charge is -2.18. The van der Waals surface area contributed by atoms with Crippen molar-refractivity contribution in [1.29, 1.82) is 0 Å². The number of carboxylic acid groups (broad SMARTS) is 1. The van der Waals surface area contributed by atoms with Crippen LogP contribution >= 0.6 is 0 Å². The zero-order valence-corrected chi connectivity index (χ0v) is 19.4. The van der Waals surface area contributed by atoms with Crippen LogP contribution in [0.3, 0.4) is 0 Å². The van der Waals surface area contributed by atoms with Gasteiger partial charge in [-0.05, 0) is 52.4 Å². The van der Waals surface area contributed by atoms with Gasteiger partial charge < -0.3 is 10.4 Å². The number of rotatable bonds is 20. The fourth-order valence-corrected chi connectivity index (χ4v) is 3.22. The lowest BCUT2D eigenvalue weighted by molar-refractivity contribution is -0.147. The Morgan fingerprint density at radius 2 is 1.28 bits per heavy atom. The highest BCUT2D eigenvalue weighted by atomic mass is 16.4. The summed E-state index contributed by atoms with van der Waals surface area (Å²) in [6, 6.07) is 0. The Morgan fingerprint density at radius 1 is 0.793 bits per heavy atom. The van der Waals surface area contributed by atoms with Gasteiger partial charge in [-0.2, -0.15) is 0 Å². The first kappa shape index (κ1) is 27.7. The van der Waals surface area contributed by atoms with E-state index < -0.39 is 11.4 Å². The average molecular weight is 410 g/mol. The van der Waals surface area contributed by atoms with Gasteiger partial charge in [-0.3, -0.25) is 9.59 Å². The Morgan fingerprint density at radius 3 is 1.79 bits per heavy atom. The molecule has 29 heavy (non-hydrogen) atoms. The van der Waals surface area contributed by atoms with E-state index in [4.69, 9.17) is 5.11 Å². The van der Waals surface area contributed by atoms with Crippen LogP contribution in [0.25, 0.3) is 0 Å². The summed E-state index contributed by atoms with van der Waals surface area (Å²) >= 11 is 0. The Hall–Kier alpha value is -1.32. The van der Waals surface area contributed by atoms with Gasteiger partial charge in [-0.25, -0.2) is 0 Å². The molecule has 2 N–H and O–H groups in total. The summed E-state index contributed by atoms with van der Waals surface area (Å²) in [5, 5.41) is 12.0. The molecule has 0 bridgehead atoms. The molecule has 0 aromatic heterocycles. The number of amides is 1. The Labute approximate surface area is 179 Å². The Bertz CT molecular complexity index is 443. The maximum Gasteiger partial charge on any atom is 0.309 e. The van der Waals surface area contributed by atoms with Crippen molar-refractivity contribution in [3.63, 3.8) is 0 Å². The number of aliphatic carboxylic acids is 1. The molecule has 0 heterocycles. The number of hydrogen-bond acceptors (Lipinski definition) is 2. The minimum Gasteiger partial charge on any atom is -0.481 e. The molecule has 0 rings (SSSR count). The average Bonchev–Trinajstić information content (AvgIpc) is 2.68. The highest BCUT2D eigenvalue weighted by molar-refractivity contribution is 5.78. The van der Waals surface area contributed by atoms with Gasteiger partial charge in [0.05, 0.1) is 5.41 Å². The van der Waals surface area contributed by atoms with E-state index in [-0.39, 0.29) is 12.3 Å². The van der Waals surface area contributed by atoms with Crippen molar-refractivity contribution in [3.05, 3.63) is 12.2 Å². The van der Waals surface area contributed by atoms with Crippen LogP contribution in [0, 0.1) is 5.41 Å². The molecular formula is C25H47NO3. The maximum absolute atomic E-state index is 11.8. The van der Waals surface area contributed by atoms with E-state index >= 15 is 0 Å². The minimum atomic E-state index is -0.849. The second kappa shape index (κ2) is 18.7. The van der Waals surface area contributed by atoms with E-state index in [1.807, 2.05) is 0 Å². The molecule has 0 spiro atoms. The summed E-state index contributed by atoms with van der Waals surface area (Å²) in [5.41, 5.74) is -0.833. The summed E-state index contributed by atoms with van der Waals surface area (Å²) in [5.74, 6) is -0.884. The van der Waals surface area contributed by atoms with Crippen molar-refractivity contribution in [1.82, 2.24) is 5.32 Å². The summed E-state index contributed by atoms with van der Waals surface area (Å²) in [6.45, 7) is 6.29. The van der Waals surface area contributed by atoms with Crippen molar-refractivity contribution in [3.8, 4) is 0 Å². The predicted molar refractivity (Wildman–Crippen MR) is 123 cm³/mol.